The summed E-state index contributed by atoms with van der Waals surface area (Å²) in [6.07, 6.45) is 5.25. The van der Waals surface area contributed by atoms with E-state index in [0.717, 1.165) is 18.4 Å². The SMILES string of the molecule is CCCCn1nc(C(=O)NC(c2cccc(OC)c2)c2nccn2C)ccc1=O. The normalized spacial score (nSPS) is 11.8. The third-order valence-corrected chi connectivity index (χ3v) is 4.64. The van der Waals surface area contributed by atoms with Crippen molar-refractivity contribution < 1.29 is 9.53 Å². The van der Waals surface area contributed by atoms with Crippen LogP contribution in [0.2, 0.25) is 0 Å². The number of rotatable bonds is 8. The molecule has 1 aromatic carbocycles. The largest absolute Gasteiger partial charge is 0.497 e. The lowest BCUT2D eigenvalue weighted by atomic mass is 10.1. The molecule has 0 radical (unpaired) electrons. The monoisotopic (exact) mass is 395 g/mol. The smallest absolute Gasteiger partial charge is 0.272 e. The molecular formula is C21H25N5O3. The molecule has 1 atom stereocenters. The number of carbonyl (C=O) groups excluding carboxylic acids is 1. The van der Waals surface area contributed by atoms with E-state index in [0.29, 0.717) is 18.1 Å². The highest BCUT2D eigenvalue weighted by Gasteiger charge is 2.23. The summed E-state index contributed by atoms with van der Waals surface area (Å²) >= 11 is 0. The van der Waals surface area contributed by atoms with Crippen LogP contribution in [0.25, 0.3) is 0 Å². The Hall–Kier alpha value is -3.42. The lowest BCUT2D eigenvalue weighted by Gasteiger charge is -2.19. The molecule has 2 heterocycles. The van der Waals surface area contributed by atoms with Crippen molar-refractivity contribution >= 4 is 5.91 Å². The first-order valence-corrected chi connectivity index (χ1v) is 9.53. The number of amides is 1. The quantitative estimate of drug-likeness (QED) is 0.632. The Balaban J connectivity index is 1.93. The Morgan fingerprint density at radius 1 is 1.28 bits per heavy atom. The Bertz CT molecular complexity index is 1040. The summed E-state index contributed by atoms with van der Waals surface area (Å²) in [5.74, 6) is 0.971. The van der Waals surface area contributed by atoms with Crippen molar-refractivity contribution in [1.29, 1.82) is 0 Å². The van der Waals surface area contributed by atoms with Crippen molar-refractivity contribution in [2.24, 2.45) is 7.05 Å². The van der Waals surface area contributed by atoms with Gasteiger partial charge in [0.25, 0.3) is 11.5 Å². The van der Waals surface area contributed by atoms with Crippen LogP contribution in [0.15, 0.2) is 53.6 Å². The summed E-state index contributed by atoms with van der Waals surface area (Å²) in [6.45, 7) is 2.52. The molecule has 0 spiro atoms. The number of nitrogens with zero attached hydrogens (tertiary/aromatic N) is 4. The molecule has 3 aromatic rings. The van der Waals surface area contributed by atoms with E-state index in [-0.39, 0.29) is 17.2 Å². The van der Waals surface area contributed by atoms with Crippen LogP contribution in [-0.4, -0.2) is 32.3 Å². The highest BCUT2D eigenvalue weighted by atomic mass is 16.5. The fraction of sp³-hybridized carbons (Fsp3) is 0.333. The van der Waals surface area contributed by atoms with E-state index in [1.807, 2.05) is 49.0 Å². The molecule has 0 aliphatic carbocycles. The number of imidazole rings is 1. The molecular weight excluding hydrogens is 370 g/mol. The van der Waals surface area contributed by atoms with E-state index in [4.69, 9.17) is 4.74 Å². The molecule has 8 heteroatoms. The Kier molecular flexibility index (Phi) is 6.43. The van der Waals surface area contributed by atoms with Gasteiger partial charge in [0.2, 0.25) is 0 Å². The van der Waals surface area contributed by atoms with Crippen molar-refractivity contribution in [3.05, 3.63) is 76.2 Å². The van der Waals surface area contributed by atoms with Crippen LogP contribution in [-0.2, 0) is 13.6 Å². The number of aryl methyl sites for hydroxylation is 2. The average molecular weight is 395 g/mol. The zero-order valence-electron chi connectivity index (χ0n) is 16.8. The van der Waals surface area contributed by atoms with E-state index < -0.39 is 6.04 Å². The third kappa shape index (κ3) is 4.71. The highest BCUT2D eigenvalue weighted by molar-refractivity contribution is 5.92. The van der Waals surface area contributed by atoms with E-state index in [2.05, 4.69) is 15.4 Å². The molecule has 1 N–H and O–H groups in total. The van der Waals surface area contributed by atoms with Gasteiger partial charge in [0.05, 0.1) is 7.11 Å². The van der Waals surface area contributed by atoms with Crippen LogP contribution < -0.4 is 15.6 Å². The first-order chi connectivity index (χ1) is 14.0. The highest BCUT2D eigenvalue weighted by Crippen LogP contribution is 2.24. The van der Waals surface area contributed by atoms with Crippen LogP contribution in [0, 0.1) is 0 Å². The minimum Gasteiger partial charge on any atom is -0.497 e. The number of nitrogens with one attached hydrogen (secondary N) is 1. The number of unbranched alkanes of at least 4 members (excludes halogenated alkanes) is 1. The minimum absolute atomic E-state index is 0.183. The summed E-state index contributed by atoms with van der Waals surface area (Å²) in [7, 11) is 3.46. The summed E-state index contributed by atoms with van der Waals surface area (Å²) in [4.78, 5) is 29.4. The standard InChI is InChI=1S/C21H25N5O3/c1-4-5-12-26-18(27)10-9-17(24-26)21(28)23-19(20-22-11-13-25(20)2)15-7-6-8-16(14-15)29-3/h6-11,13-14,19H,4-5,12H2,1-3H3,(H,23,28). The van der Waals surface area contributed by atoms with Crippen LogP contribution >= 0.6 is 0 Å². The topological polar surface area (TPSA) is 91.0 Å². The Morgan fingerprint density at radius 3 is 2.79 bits per heavy atom. The Labute approximate surface area is 169 Å². The van der Waals surface area contributed by atoms with Crippen molar-refractivity contribution in [3.8, 4) is 5.75 Å². The van der Waals surface area contributed by atoms with E-state index in [1.54, 1.807) is 13.3 Å². The number of hydrogen-bond donors (Lipinski definition) is 1. The summed E-state index contributed by atoms with van der Waals surface area (Å²) in [5, 5.41) is 7.23. The maximum Gasteiger partial charge on any atom is 0.272 e. The molecule has 29 heavy (non-hydrogen) atoms. The van der Waals surface area contributed by atoms with Gasteiger partial charge in [-0.25, -0.2) is 9.67 Å². The number of ether oxygens (including phenoxy) is 1. The molecule has 8 nitrogen and oxygen atoms in total. The van der Waals surface area contributed by atoms with Gasteiger partial charge >= 0.3 is 0 Å². The molecule has 0 fully saturated rings. The van der Waals surface area contributed by atoms with Gasteiger partial charge in [-0.05, 0) is 30.2 Å². The van der Waals surface area contributed by atoms with E-state index in [9.17, 15) is 9.59 Å². The second kappa shape index (κ2) is 9.18. The zero-order valence-corrected chi connectivity index (χ0v) is 16.8. The second-order valence-electron chi connectivity index (χ2n) is 6.71. The van der Waals surface area contributed by atoms with Gasteiger partial charge in [-0.2, -0.15) is 5.10 Å². The molecule has 0 aliphatic heterocycles. The molecule has 1 unspecified atom stereocenters. The lowest BCUT2D eigenvalue weighted by Crippen LogP contribution is -2.33. The van der Waals surface area contributed by atoms with Crippen molar-refractivity contribution in [3.63, 3.8) is 0 Å². The molecule has 0 saturated carbocycles. The first-order valence-electron chi connectivity index (χ1n) is 9.53. The van der Waals surface area contributed by atoms with Gasteiger partial charge < -0.3 is 14.6 Å². The molecule has 0 saturated heterocycles. The number of methoxy groups -OCH3 is 1. The maximum absolute atomic E-state index is 13.0. The first kappa shape index (κ1) is 20.3. The van der Waals surface area contributed by atoms with Crippen molar-refractivity contribution in [1.82, 2.24) is 24.6 Å². The van der Waals surface area contributed by atoms with E-state index >= 15 is 0 Å². The van der Waals surface area contributed by atoms with Gasteiger partial charge in [-0.3, -0.25) is 9.59 Å². The van der Waals surface area contributed by atoms with Crippen LogP contribution in [0.5, 0.6) is 5.75 Å². The Morgan fingerprint density at radius 2 is 2.10 bits per heavy atom. The molecule has 1 amide bonds. The van der Waals surface area contributed by atoms with Gasteiger partial charge in [0.15, 0.2) is 0 Å². The summed E-state index contributed by atoms with van der Waals surface area (Å²) in [6, 6.07) is 9.77. The second-order valence-corrected chi connectivity index (χ2v) is 6.71. The van der Waals surface area contributed by atoms with E-state index in [1.165, 1.54) is 16.8 Å². The number of carbonyl (C=O) groups is 1. The molecule has 2 aromatic heterocycles. The predicted octanol–water partition coefficient (Wildman–Crippen LogP) is 2.30. The van der Waals surface area contributed by atoms with Gasteiger partial charge in [0.1, 0.15) is 23.3 Å². The molecule has 152 valence electrons. The van der Waals surface area contributed by atoms with Gasteiger partial charge in [-0.1, -0.05) is 25.5 Å². The minimum atomic E-state index is -0.504. The summed E-state index contributed by atoms with van der Waals surface area (Å²) < 4.78 is 8.50. The molecule has 3 rings (SSSR count). The van der Waals surface area contributed by atoms with Crippen LogP contribution in [0.4, 0.5) is 0 Å². The molecule has 0 bridgehead atoms. The van der Waals surface area contributed by atoms with Crippen molar-refractivity contribution in [2.75, 3.05) is 7.11 Å². The fourth-order valence-electron chi connectivity index (χ4n) is 3.02. The number of hydrogen-bond acceptors (Lipinski definition) is 5. The van der Waals surface area contributed by atoms with Crippen LogP contribution in [0.1, 0.15) is 47.7 Å². The lowest BCUT2D eigenvalue weighted by molar-refractivity contribution is 0.0933. The molecule has 0 aliphatic rings. The van der Waals surface area contributed by atoms with Gasteiger partial charge in [-0.15, -0.1) is 0 Å². The fourth-order valence-corrected chi connectivity index (χ4v) is 3.02. The summed E-state index contributed by atoms with van der Waals surface area (Å²) in [5.41, 5.74) is 0.789. The number of aromatic nitrogens is 4. The maximum atomic E-state index is 13.0. The predicted molar refractivity (Wildman–Crippen MR) is 109 cm³/mol. The van der Waals surface area contributed by atoms with Gasteiger partial charge in [0, 0.05) is 32.1 Å². The van der Waals surface area contributed by atoms with Crippen LogP contribution in [0.3, 0.4) is 0 Å². The zero-order chi connectivity index (χ0) is 20.8. The third-order valence-electron chi connectivity index (χ3n) is 4.64. The average Bonchev–Trinajstić information content (AvgIpc) is 3.16. The van der Waals surface area contributed by atoms with Crippen molar-refractivity contribution in [2.45, 2.75) is 32.4 Å². The number of benzene rings is 1.